The molecule has 6 heteroatoms. The normalized spacial score (nSPS) is 10.4. The minimum absolute atomic E-state index is 0.118. The molecule has 1 amide bonds. The molecule has 0 saturated carbocycles. The van der Waals surface area contributed by atoms with E-state index in [2.05, 4.69) is 4.98 Å². The fourth-order valence-corrected chi connectivity index (χ4v) is 1.24. The third-order valence-electron chi connectivity index (χ3n) is 1.90. The summed E-state index contributed by atoms with van der Waals surface area (Å²) in [5, 5.41) is 0. The van der Waals surface area contributed by atoms with Crippen LogP contribution in [0, 0.1) is 0 Å². The number of fused-ring (bicyclic) bond motifs is 1. The van der Waals surface area contributed by atoms with Crippen molar-refractivity contribution in [3.05, 3.63) is 34.3 Å². The molecule has 0 atom stereocenters. The van der Waals surface area contributed by atoms with E-state index in [1.165, 1.54) is 18.2 Å². The van der Waals surface area contributed by atoms with Gasteiger partial charge < -0.3 is 10.2 Å². The second-order valence-electron chi connectivity index (χ2n) is 2.92. The molecule has 1 aromatic carbocycles. The van der Waals surface area contributed by atoms with Crippen molar-refractivity contribution in [2.24, 2.45) is 5.73 Å². The summed E-state index contributed by atoms with van der Waals surface area (Å²) in [5.74, 6) is -2.46. The molecule has 76 valence electrons. The summed E-state index contributed by atoms with van der Waals surface area (Å²) in [6, 6.07) is 4.13. The molecule has 0 fully saturated rings. The maximum Gasteiger partial charge on any atom is 0.417 e. The number of nitrogens with one attached hydrogen (secondary N) is 1. The van der Waals surface area contributed by atoms with Crippen molar-refractivity contribution in [2.75, 3.05) is 0 Å². The van der Waals surface area contributed by atoms with Gasteiger partial charge >= 0.3 is 5.76 Å². The van der Waals surface area contributed by atoms with Gasteiger partial charge in [-0.2, -0.15) is 0 Å². The Morgan fingerprint density at radius 1 is 1.33 bits per heavy atom. The Kier molecular flexibility index (Phi) is 1.89. The monoisotopic (exact) mass is 206 g/mol. The largest absolute Gasteiger partial charge is 0.417 e. The molecule has 2 aromatic rings. The Balaban J connectivity index is 2.60. The van der Waals surface area contributed by atoms with E-state index >= 15 is 0 Å². The van der Waals surface area contributed by atoms with Crippen LogP contribution in [0.2, 0.25) is 0 Å². The molecule has 0 aliphatic carbocycles. The van der Waals surface area contributed by atoms with E-state index < -0.39 is 17.4 Å². The summed E-state index contributed by atoms with van der Waals surface area (Å²) in [7, 11) is 0. The molecule has 1 aromatic heterocycles. The van der Waals surface area contributed by atoms with Crippen molar-refractivity contribution in [3.8, 4) is 0 Å². The van der Waals surface area contributed by atoms with Gasteiger partial charge in [-0.3, -0.25) is 14.6 Å². The third-order valence-corrected chi connectivity index (χ3v) is 1.90. The Morgan fingerprint density at radius 3 is 2.73 bits per heavy atom. The maximum atomic E-state index is 11.2. The average Bonchev–Trinajstić information content (AvgIpc) is 2.55. The highest BCUT2D eigenvalue weighted by Crippen LogP contribution is 2.12. The van der Waals surface area contributed by atoms with E-state index in [4.69, 9.17) is 10.2 Å². The van der Waals surface area contributed by atoms with Gasteiger partial charge in [0.1, 0.15) is 0 Å². The van der Waals surface area contributed by atoms with Crippen molar-refractivity contribution in [1.82, 2.24) is 4.98 Å². The van der Waals surface area contributed by atoms with Gasteiger partial charge in [-0.15, -0.1) is 0 Å². The number of carbonyl (C=O) groups excluding carboxylic acids is 2. The first-order chi connectivity index (χ1) is 7.08. The molecule has 6 nitrogen and oxygen atoms in total. The number of nitrogens with two attached hydrogens (primary N) is 1. The predicted octanol–water partition coefficient (Wildman–Crippen LogP) is -0.211. The fraction of sp³-hybridized carbons (Fsp3) is 0. The molecule has 15 heavy (non-hydrogen) atoms. The van der Waals surface area contributed by atoms with E-state index in [1.807, 2.05) is 0 Å². The van der Waals surface area contributed by atoms with E-state index in [1.54, 1.807) is 0 Å². The lowest BCUT2D eigenvalue weighted by atomic mass is 10.1. The number of primary amides is 1. The van der Waals surface area contributed by atoms with Crippen molar-refractivity contribution >= 4 is 22.8 Å². The summed E-state index contributed by atoms with van der Waals surface area (Å²) >= 11 is 0. The number of amides is 1. The SMILES string of the molecule is NC(=O)C(=O)c1ccc2oc(=O)[nH]c2c1. The van der Waals surface area contributed by atoms with Crippen molar-refractivity contribution in [2.45, 2.75) is 0 Å². The van der Waals surface area contributed by atoms with Crippen molar-refractivity contribution in [3.63, 3.8) is 0 Å². The van der Waals surface area contributed by atoms with E-state index in [-0.39, 0.29) is 5.56 Å². The molecule has 0 unspecified atom stereocenters. The van der Waals surface area contributed by atoms with Crippen LogP contribution in [-0.2, 0) is 4.79 Å². The first kappa shape index (κ1) is 9.20. The number of ketones is 1. The highest BCUT2D eigenvalue weighted by Gasteiger charge is 2.13. The number of H-pyrrole nitrogens is 1. The van der Waals surface area contributed by atoms with Crippen molar-refractivity contribution < 1.29 is 14.0 Å². The van der Waals surface area contributed by atoms with E-state index in [9.17, 15) is 14.4 Å². The number of carbonyl (C=O) groups is 2. The average molecular weight is 206 g/mol. The first-order valence-electron chi connectivity index (χ1n) is 4.05. The van der Waals surface area contributed by atoms with Gasteiger partial charge in [0.15, 0.2) is 5.58 Å². The number of hydrogen-bond acceptors (Lipinski definition) is 4. The number of aromatic amines is 1. The van der Waals surface area contributed by atoms with Crippen LogP contribution >= 0.6 is 0 Å². The van der Waals surface area contributed by atoms with Gasteiger partial charge in [0.25, 0.3) is 5.91 Å². The number of aromatic nitrogens is 1. The summed E-state index contributed by atoms with van der Waals surface area (Å²) in [4.78, 5) is 35.0. The summed E-state index contributed by atoms with van der Waals surface area (Å²) in [6.07, 6.45) is 0. The molecular weight excluding hydrogens is 200 g/mol. The molecule has 0 bridgehead atoms. The van der Waals surface area contributed by atoms with Crippen LogP contribution in [0.15, 0.2) is 27.4 Å². The maximum absolute atomic E-state index is 11.2. The zero-order valence-electron chi connectivity index (χ0n) is 7.44. The first-order valence-corrected chi connectivity index (χ1v) is 4.05. The molecule has 1 heterocycles. The van der Waals surface area contributed by atoms with Crippen LogP contribution in [0.25, 0.3) is 11.1 Å². The Bertz CT molecular complexity index is 608. The van der Waals surface area contributed by atoms with Gasteiger partial charge in [-0.05, 0) is 18.2 Å². The molecule has 0 aliphatic heterocycles. The predicted molar refractivity (Wildman–Crippen MR) is 50.4 cm³/mol. The number of Topliss-reactive ketones (excluding diaryl/α,β-unsaturated/α-hetero) is 1. The minimum atomic E-state index is -1.04. The second kappa shape index (κ2) is 3.09. The summed E-state index contributed by atoms with van der Waals surface area (Å²) < 4.78 is 4.72. The second-order valence-corrected chi connectivity index (χ2v) is 2.92. The van der Waals surface area contributed by atoms with Crippen LogP contribution in [0.1, 0.15) is 10.4 Å². The standard InChI is InChI=1S/C9H6N2O4/c10-8(13)7(12)4-1-2-6-5(3-4)11-9(14)15-6/h1-3H,(H2,10,13)(H,11,14). The lowest BCUT2D eigenvalue weighted by molar-refractivity contribution is -0.114. The van der Waals surface area contributed by atoms with Crippen LogP contribution in [0.3, 0.4) is 0 Å². The number of oxazole rings is 1. The molecule has 3 N–H and O–H groups in total. The smallest absolute Gasteiger partial charge is 0.408 e. The molecule has 0 radical (unpaired) electrons. The van der Waals surface area contributed by atoms with Gasteiger partial charge in [0, 0.05) is 5.56 Å². The lowest BCUT2D eigenvalue weighted by Crippen LogP contribution is -2.22. The topological polar surface area (TPSA) is 106 Å². The zero-order valence-corrected chi connectivity index (χ0v) is 7.44. The van der Waals surface area contributed by atoms with Gasteiger partial charge in [-0.1, -0.05) is 0 Å². The lowest BCUT2D eigenvalue weighted by Gasteiger charge is -1.94. The van der Waals surface area contributed by atoms with Crippen LogP contribution in [-0.4, -0.2) is 16.7 Å². The molecular formula is C9H6N2O4. The Morgan fingerprint density at radius 2 is 2.07 bits per heavy atom. The highest BCUT2D eigenvalue weighted by molar-refractivity contribution is 6.42. The van der Waals surface area contributed by atoms with Crippen molar-refractivity contribution in [1.29, 1.82) is 0 Å². The zero-order chi connectivity index (χ0) is 11.0. The van der Waals surface area contributed by atoms with E-state index in [0.29, 0.717) is 11.1 Å². The Hall–Kier alpha value is -2.37. The van der Waals surface area contributed by atoms with E-state index in [0.717, 1.165) is 0 Å². The van der Waals surface area contributed by atoms with Crippen LogP contribution < -0.4 is 11.5 Å². The van der Waals surface area contributed by atoms with Crippen LogP contribution in [0.4, 0.5) is 0 Å². The molecule has 0 spiro atoms. The number of hydrogen-bond donors (Lipinski definition) is 2. The highest BCUT2D eigenvalue weighted by atomic mass is 16.4. The van der Waals surface area contributed by atoms with Gasteiger partial charge in [-0.25, -0.2) is 4.79 Å². The minimum Gasteiger partial charge on any atom is -0.408 e. The third kappa shape index (κ3) is 1.52. The fourth-order valence-electron chi connectivity index (χ4n) is 1.24. The van der Waals surface area contributed by atoms with Gasteiger partial charge in [0.2, 0.25) is 5.78 Å². The number of rotatable bonds is 2. The quantitative estimate of drug-likeness (QED) is 0.523. The Labute approximate surface area is 82.7 Å². The summed E-state index contributed by atoms with van der Waals surface area (Å²) in [5.41, 5.74) is 5.63. The molecule has 2 rings (SSSR count). The molecule has 0 saturated heterocycles. The number of benzene rings is 1. The van der Waals surface area contributed by atoms with Crippen LogP contribution in [0.5, 0.6) is 0 Å². The van der Waals surface area contributed by atoms with Gasteiger partial charge in [0.05, 0.1) is 5.52 Å². The summed E-state index contributed by atoms with van der Waals surface area (Å²) in [6.45, 7) is 0. The molecule has 0 aliphatic rings.